The molecule has 3 aliphatic heterocycles. The van der Waals surface area contributed by atoms with E-state index in [-0.39, 0.29) is 17.7 Å². The molecule has 6 nitrogen and oxygen atoms in total. The quantitative estimate of drug-likeness (QED) is 0.744. The van der Waals surface area contributed by atoms with Crippen molar-refractivity contribution in [2.24, 2.45) is 5.41 Å². The fourth-order valence-corrected chi connectivity index (χ4v) is 6.86. The third kappa shape index (κ3) is 3.58. The Morgan fingerprint density at radius 3 is 2.54 bits per heavy atom. The smallest absolute Gasteiger partial charge is 0.231 e. The maximum Gasteiger partial charge on any atom is 0.231 e. The summed E-state index contributed by atoms with van der Waals surface area (Å²) < 4.78 is 26.5. The lowest BCUT2D eigenvalue weighted by Crippen LogP contribution is -2.67. The molecule has 2 atom stereocenters. The topological polar surface area (TPSA) is 60.9 Å². The molecule has 3 aliphatic rings. The summed E-state index contributed by atoms with van der Waals surface area (Å²) in [5.74, 6) is 0.200. The molecule has 0 aromatic heterocycles. The van der Waals surface area contributed by atoms with Crippen LogP contribution in [-0.4, -0.2) is 73.5 Å². The van der Waals surface area contributed by atoms with E-state index in [4.69, 9.17) is 11.6 Å². The van der Waals surface area contributed by atoms with Crippen LogP contribution in [0.15, 0.2) is 24.3 Å². The van der Waals surface area contributed by atoms with Gasteiger partial charge in [0.25, 0.3) is 0 Å². The van der Waals surface area contributed by atoms with E-state index in [2.05, 4.69) is 4.90 Å². The number of hydrogen-bond acceptors (Lipinski definition) is 4. The van der Waals surface area contributed by atoms with E-state index in [0.29, 0.717) is 24.4 Å². The molecular formula is C20H28ClN3O3S. The molecule has 0 saturated carbocycles. The minimum atomic E-state index is -3.28. The van der Waals surface area contributed by atoms with Gasteiger partial charge in [0.05, 0.1) is 11.2 Å². The molecule has 3 saturated heterocycles. The first-order valence-electron chi connectivity index (χ1n) is 10.0. The summed E-state index contributed by atoms with van der Waals surface area (Å²) in [5.41, 5.74) is 0.512. The standard InChI is InChI=1S/C20H28ClN3O3S/c1-22-18-8-12-23(14-16-4-6-17(21)7-5-16)15-20(18,9-13-28(22,26)27)19(25)24-10-2-3-11-24/h4-7,18H,2-3,8-15H2,1H3/t18-,20+/m1/s1. The second-order valence-corrected chi connectivity index (χ2v) is 11.0. The Hall–Kier alpha value is -1.15. The largest absolute Gasteiger partial charge is 0.342 e. The average Bonchev–Trinajstić information content (AvgIpc) is 3.21. The number of likely N-dealkylation sites (tertiary alicyclic amines) is 2. The molecule has 1 aromatic rings. The van der Waals surface area contributed by atoms with Crippen LogP contribution in [0.4, 0.5) is 0 Å². The molecule has 1 aromatic carbocycles. The lowest BCUT2D eigenvalue weighted by Gasteiger charge is -2.53. The molecule has 0 aliphatic carbocycles. The van der Waals surface area contributed by atoms with Crippen molar-refractivity contribution in [1.29, 1.82) is 0 Å². The fraction of sp³-hybridized carbons (Fsp3) is 0.650. The summed E-state index contributed by atoms with van der Waals surface area (Å²) in [4.78, 5) is 17.9. The molecule has 28 heavy (non-hydrogen) atoms. The molecule has 4 rings (SSSR count). The number of amides is 1. The summed E-state index contributed by atoms with van der Waals surface area (Å²) in [5, 5.41) is 0.710. The van der Waals surface area contributed by atoms with Crippen molar-refractivity contribution >= 4 is 27.5 Å². The first kappa shape index (κ1) is 20.1. The molecule has 0 radical (unpaired) electrons. The van der Waals surface area contributed by atoms with Gasteiger partial charge < -0.3 is 4.90 Å². The van der Waals surface area contributed by atoms with Crippen LogP contribution in [0.2, 0.25) is 5.02 Å². The Kier molecular flexibility index (Phi) is 5.46. The maximum atomic E-state index is 13.6. The first-order valence-corrected chi connectivity index (χ1v) is 12.0. The number of carbonyl (C=O) groups is 1. The molecule has 8 heteroatoms. The van der Waals surface area contributed by atoms with Crippen molar-refractivity contribution in [1.82, 2.24) is 14.1 Å². The zero-order valence-electron chi connectivity index (χ0n) is 16.3. The Morgan fingerprint density at radius 2 is 1.86 bits per heavy atom. The van der Waals surface area contributed by atoms with Crippen LogP contribution >= 0.6 is 11.6 Å². The predicted octanol–water partition coefficient (Wildman–Crippen LogP) is 2.19. The average molecular weight is 426 g/mol. The predicted molar refractivity (Wildman–Crippen MR) is 110 cm³/mol. The van der Waals surface area contributed by atoms with E-state index in [9.17, 15) is 13.2 Å². The molecule has 0 N–H and O–H groups in total. The number of rotatable bonds is 3. The van der Waals surface area contributed by atoms with Gasteiger partial charge in [-0.2, -0.15) is 0 Å². The van der Waals surface area contributed by atoms with Gasteiger partial charge in [0, 0.05) is 50.8 Å². The molecule has 1 amide bonds. The monoisotopic (exact) mass is 425 g/mol. The number of hydrogen-bond donors (Lipinski definition) is 0. The van der Waals surface area contributed by atoms with Gasteiger partial charge in [0.1, 0.15) is 0 Å². The summed E-state index contributed by atoms with van der Waals surface area (Å²) in [6, 6.07) is 7.55. The van der Waals surface area contributed by atoms with Gasteiger partial charge in [0.15, 0.2) is 0 Å². The van der Waals surface area contributed by atoms with Gasteiger partial charge in [-0.3, -0.25) is 9.69 Å². The van der Waals surface area contributed by atoms with Gasteiger partial charge >= 0.3 is 0 Å². The van der Waals surface area contributed by atoms with Crippen molar-refractivity contribution in [2.45, 2.75) is 38.3 Å². The van der Waals surface area contributed by atoms with E-state index >= 15 is 0 Å². The number of carbonyl (C=O) groups excluding carboxylic acids is 1. The van der Waals surface area contributed by atoms with Crippen molar-refractivity contribution in [3.8, 4) is 0 Å². The van der Waals surface area contributed by atoms with Crippen LogP contribution in [-0.2, 0) is 21.4 Å². The molecule has 0 unspecified atom stereocenters. The van der Waals surface area contributed by atoms with Crippen LogP contribution in [0.3, 0.4) is 0 Å². The van der Waals surface area contributed by atoms with E-state index in [0.717, 1.165) is 44.6 Å². The number of fused-ring (bicyclic) bond motifs is 1. The maximum absolute atomic E-state index is 13.6. The zero-order chi connectivity index (χ0) is 19.9. The fourth-order valence-electron chi connectivity index (χ4n) is 5.12. The Labute approximate surface area is 172 Å². The zero-order valence-corrected chi connectivity index (χ0v) is 17.9. The number of halogens is 1. The molecule has 3 fully saturated rings. The van der Waals surface area contributed by atoms with Gasteiger partial charge in [-0.05, 0) is 43.4 Å². The molecule has 0 spiro atoms. The normalized spacial score (nSPS) is 30.9. The molecular weight excluding hydrogens is 398 g/mol. The van der Waals surface area contributed by atoms with E-state index in [1.165, 1.54) is 4.31 Å². The van der Waals surface area contributed by atoms with Crippen molar-refractivity contribution in [3.63, 3.8) is 0 Å². The highest BCUT2D eigenvalue weighted by atomic mass is 35.5. The molecule has 154 valence electrons. The van der Waals surface area contributed by atoms with Gasteiger partial charge in [-0.1, -0.05) is 23.7 Å². The van der Waals surface area contributed by atoms with Gasteiger partial charge in [0.2, 0.25) is 15.9 Å². The summed E-state index contributed by atoms with van der Waals surface area (Å²) >= 11 is 6.00. The van der Waals surface area contributed by atoms with Crippen LogP contribution in [0, 0.1) is 5.41 Å². The number of piperidine rings is 1. The minimum Gasteiger partial charge on any atom is -0.342 e. The Morgan fingerprint density at radius 1 is 1.18 bits per heavy atom. The highest BCUT2D eigenvalue weighted by Gasteiger charge is 2.57. The van der Waals surface area contributed by atoms with Gasteiger partial charge in [-0.15, -0.1) is 0 Å². The third-order valence-corrected chi connectivity index (χ3v) is 8.79. The highest BCUT2D eigenvalue weighted by molar-refractivity contribution is 7.89. The Bertz CT molecular complexity index is 839. The second kappa shape index (κ2) is 7.59. The number of nitrogens with zero attached hydrogens (tertiary/aromatic N) is 3. The van der Waals surface area contributed by atoms with E-state index < -0.39 is 15.4 Å². The second-order valence-electron chi connectivity index (χ2n) is 8.38. The first-order chi connectivity index (χ1) is 13.3. The Balaban J connectivity index is 1.61. The van der Waals surface area contributed by atoms with Crippen molar-refractivity contribution < 1.29 is 13.2 Å². The van der Waals surface area contributed by atoms with Crippen molar-refractivity contribution in [3.05, 3.63) is 34.9 Å². The third-order valence-electron chi connectivity index (χ3n) is 6.68. The van der Waals surface area contributed by atoms with Crippen LogP contribution < -0.4 is 0 Å². The lowest BCUT2D eigenvalue weighted by atomic mass is 9.71. The van der Waals surface area contributed by atoms with Crippen LogP contribution in [0.5, 0.6) is 0 Å². The SMILES string of the molecule is CN1[C@@H]2CCN(Cc3ccc(Cl)cc3)C[C@@]2(C(=O)N2CCCC2)CCS1(=O)=O. The summed E-state index contributed by atoms with van der Waals surface area (Å²) in [6.07, 6.45) is 3.17. The highest BCUT2D eigenvalue weighted by Crippen LogP contribution is 2.44. The summed E-state index contributed by atoms with van der Waals surface area (Å²) in [7, 11) is -1.63. The van der Waals surface area contributed by atoms with Crippen LogP contribution in [0.25, 0.3) is 0 Å². The van der Waals surface area contributed by atoms with E-state index in [1.807, 2.05) is 29.2 Å². The summed E-state index contributed by atoms with van der Waals surface area (Å²) in [6.45, 7) is 3.72. The van der Waals surface area contributed by atoms with E-state index in [1.54, 1.807) is 7.05 Å². The number of benzene rings is 1. The minimum absolute atomic E-state index is 0.0500. The lowest BCUT2D eigenvalue weighted by molar-refractivity contribution is -0.150. The van der Waals surface area contributed by atoms with Gasteiger partial charge in [-0.25, -0.2) is 12.7 Å². The van der Waals surface area contributed by atoms with Crippen molar-refractivity contribution in [2.75, 3.05) is 39.0 Å². The van der Waals surface area contributed by atoms with Crippen LogP contribution in [0.1, 0.15) is 31.2 Å². The molecule has 0 bridgehead atoms. The molecule has 3 heterocycles. The number of sulfonamides is 1.